The number of aliphatic carboxylic acids is 1. The lowest BCUT2D eigenvalue weighted by atomic mass is 9.94. The Hall–Kier alpha value is -1.74. The predicted octanol–water partition coefficient (Wildman–Crippen LogP) is 3.65. The molecule has 18 heavy (non-hydrogen) atoms. The molecule has 0 radical (unpaired) electrons. The van der Waals surface area contributed by atoms with Crippen LogP contribution in [0.1, 0.15) is 22.8 Å². The Morgan fingerprint density at radius 2 is 2.22 bits per heavy atom. The van der Waals surface area contributed by atoms with E-state index in [4.69, 9.17) is 16.0 Å². The van der Waals surface area contributed by atoms with E-state index >= 15 is 0 Å². The molecule has 2 aromatic rings. The lowest BCUT2D eigenvalue weighted by molar-refractivity contribution is -0.138. The molecule has 1 N–H and O–H groups in total. The van der Waals surface area contributed by atoms with Gasteiger partial charge in [0, 0.05) is 11.4 Å². The van der Waals surface area contributed by atoms with Crippen LogP contribution in [0.2, 0.25) is 5.02 Å². The van der Waals surface area contributed by atoms with Gasteiger partial charge in [0.05, 0.1) is 12.2 Å². The second-order valence-electron chi connectivity index (χ2n) is 4.18. The number of rotatable bonds is 4. The second-order valence-corrected chi connectivity index (χ2v) is 4.59. The molecule has 94 valence electrons. The first-order valence-corrected chi connectivity index (χ1v) is 5.97. The van der Waals surface area contributed by atoms with Crippen molar-refractivity contribution < 1.29 is 14.3 Å². The number of carboxylic acid groups (broad SMARTS) is 1. The summed E-state index contributed by atoms with van der Waals surface area (Å²) in [7, 11) is 0. The van der Waals surface area contributed by atoms with Crippen molar-refractivity contribution in [3.05, 3.63) is 58.5 Å². The molecule has 0 bridgehead atoms. The molecule has 2 rings (SSSR count). The molecule has 4 heteroatoms. The second kappa shape index (κ2) is 5.27. The highest BCUT2D eigenvalue weighted by atomic mass is 35.5. The minimum atomic E-state index is -0.883. The van der Waals surface area contributed by atoms with Gasteiger partial charge in [0.25, 0.3) is 0 Å². The Morgan fingerprint density at radius 1 is 1.44 bits per heavy atom. The van der Waals surface area contributed by atoms with Crippen LogP contribution in [0, 0.1) is 6.92 Å². The highest BCUT2D eigenvalue weighted by molar-refractivity contribution is 6.31. The smallest absolute Gasteiger partial charge is 0.311 e. The number of carbonyl (C=O) groups is 1. The van der Waals surface area contributed by atoms with Gasteiger partial charge in [-0.15, -0.1) is 0 Å². The third kappa shape index (κ3) is 2.74. The fourth-order valence-electron chi connectivity index (χ4n) is 1.80. The first-order valence-electron chi connectivity index (χ1n) is 5.59. The maximum atomic E-state index is 11.3. The fourth-order valence-corrected chi connectivity index (χ4v) is 1.99. The van der Waals surface area contributed by atoms with Crippen LogP contribution in [0.4, 0.5) is 0 Å². The third-order valence-corrected chi connectivity index (χ3v) is 3.29. The lowest BCUT2D eigenvalue weighted by Crippen LogP contribution is -2.14. The number of benzene rings is 1. The van der Waals surface area contributed by atoms with E-state index in [0.29, 0.717) is 22.8 Å². The molecule has 1 aromatic carbocycles. The van der Waals surface area contributed by atoms with Gasteiger partial charge in [-0.3, -0.25) is 4.79 Å². The van der Waals surface area contributed by atoms with E-state index in [2.05, 4.69) is 0 Å². The van der Waals surface area contributed by atoms with Gasteiger partial charge in [-0.2, -0.15) is 0 Å². The topological polar surface area (TPSA) is 50.4 Å². The Bertz CT molecular complexity index is 546. The summed E-state index contributed by atoms with van der Waals surface area (Å²) in [5.41, 5.74) is 1.62. The number of hydrogen-bond acceptors (Lipinski definition) is 2. The third-order valence-electron chi connectivity index (χ3n) is 2.88. The van der Waals surface area contributed by atoms with Crippen molar-refractivity contribution in [1.82, 2.24) is 0 Å². The first kappa shape index (κ1) is 12.7. The standard InChI is InChI=1S/C14H13ClO3/c1-9-4-5-10(7-13(9)15)12(14(16)17)8-11-3-2-6-18-11/h2-7,12H,8H2,1H3,(H,16,17). The lowest BCUT2D eigenvalue weighted by Gasteiger charge is -2.12. The van der Waals surface area contributed by atoms with E-state index in [0.717, 1.165) is 5.56 Å². The molecular weight excluding hydrogens is 252 g/mol. The maximum Gasteiger partial charge on any atom is 0.311 e. The van der Waals surface area contributed by atoms with Crippen molar-refractivity contribution >= 4 is 17.6 Å². The van der Waals surface area contributed by atoms with Gasteiger partial charge in [0.2, 0.25) is 0 Å². The quantitative estimate of drug-likeness (QED) is 0.917. The van der Waals surface area contributed by atoms with Crippen LogP contribution < -0.4 is 0 Å². The largest absolute Gasteiger partial charge is 0.481 e. The Labute approximate surface area is 110 Å². The van der Waals surface area contributed by atoms with Gasteiger partial charge in [-0.25, -0.2) is 0 Å². The Balaban J connectivity index is 2.29. The zero-order valence-corrected chi connectivity index (χ0v) is 10.6. The Kier molecular flexibility index (Phi) is 3.72. The van der Waals surface area contributed by atoms with Crippen molar-refractivity contribution in [2.75, 3.05) is 0 Å². The number of carboxylic acids is 1. The summed E-state index contributed by atoms with van der Waals surface area (Å²) in [5.74, 6) is -0.875. The molecule has 0 saturated carbocycles. The van der Waals surface area contributed by atoms with Gasteiger partial charge in [-0.1, -0.05) is 23.7 Å². The van der Waals surface area contributed by atoms with E-state index in [1.807, 2.05) is 13.0 Å². The van der Waals surface area contributed by atoms with Gasteiger partial charge in [0.1, 0.15) is 5.76 Å². The summed E-state index contributed by atoms with van der Waals surface area (Å²) in [6, 6.07) is 8.85. The molecule has 1 aromatic heterocycles. The number of halogens is 1. The predicted molar refractivity (Wildman–Crippen MR) is 69.0 cm³/mol. The van der Waals surface area contributed by atoms with Gasteiger partial charge in [-0.05, 0) is 36.2 Å². The normalized spacial score (nSPS) is 12.3. The van der Waals surface area contributed by atoms with Gasteiger partial charge in [0.15, 0.2) is 0 Å². The zero-order valence-electron chi connectivity index (χ0n) is 9.89. The SMILES string of the molecule is Cc1ccc(C(Cc2ccco2)C(=O)O)cc1Cl. The van der Waals surface area contributed by atoms with Gasteiger partial charge < -0.3 is 9.52 Å². The van der Waals surface area contributed by atoms with E-state index < -0.39 is 11.9 Å². The molecule has 1 heterocycles. The molecule has 0 fully saturated rings. The minimum absolute atomic E-state index is 0.321. The molecule has 0 amide bonds. The fraction of sp³-hybridized carbons (Fsp3) is 0.214. The van der Waals surface area contributed by atoms with E-state index in [9.17, 15) is 9.90 Å². The average Bonchev–Trinajstić information content (AvgIpc) is 2.82. The van der Waals surface area contributed by atoms with Crippen molar-refractivity contribution in [3.8, 4) is 0 Å². The minimum Gasteiger partial charge on any atom is -0.481 e. The van der Waals surface area contributed by atoms with Crippen molar-refractivity contribution in [2.24, 2.45) is 0 Å². The van der Waals surface area contributed by atoms with Crippen LogP contribution >= 0.6 is 11.6 Å². The van der Waals surface area contributed by atoms with Crippen LogP contribution in [-0.2, 0) is 11.2 Å². The number of aryl methyl sites for hydroxylation is 1. The summed E-state index contributed by atoms with van der Waals surface area (Å²) in [4.78, 5) is 11.3. The Morgan fingerprint density at radius 3 is 2.78 bits per heavy atom. The molecule has 0 aliphatic heterocycles. The highest BCUT2D eigenvalue weighted by Gasteiger charge is 2.22. The molecule has 0 aliphatic carbocycles. The van der Waals surface area contributed by atoms with Crippen molar-refractivity contribution in [3.63, 3.8) is 0 Å². The van der Waals surface area contributed by atoms with Gasteiger partial charge >= 0.3 is 5.97 Å². The summed E-state index contributed by atoms with van der Waals surface area (Å²) < 4.78 is 5.19. The maximum absolute atomic E-state index is 11.3. The van der Waals surface area contributed by atoms with E-state index in [1.165, 1.54) is 6.26 Å². The molecule has 3 nitrogen and oxygen atoms in total. The molecule has 1 unspecified atom stereocenters. The molecule has 0 saturated heterocycles. The van der Waals surface area contributed by atoms with E-state index in [1.54, 1.807) is 24.3 Å². The number of furan rings is 1. The monoisotopic (exact) mass is 264 g/mol. The van der Waals surface area contributed by atoms with Crippen molar-refractivity contribution in [2.45, 2.75) is 19.3 Å². The molecule has 1 atom stereocenters. The van der Waals surface area contributed by atoms with Crippen molar-refractivity contribution in [1.29, 1.82) is 0 Å². The van der Waals surface area contributed by atoms with Crippen LogP contribution in [0.15, 0.2) is 41.0 Å². The molecule has 0 aliphatic rings. The molecular formula is C14H13ClO3. The van der Waals surface area contributed by atoms with Crippen LogP contribution in [0.3, 0.4) is 0 Å². The summed E-state index contributed by atoms with van der Waals surface area (Å²) in [6.07, 6.45) is 1.86. The number of hydrogen-bond donors (Lipinski definition) is 1. The zero-order chi connectivity index (χ0) is 13.1. The summed E-state index contributed by atoms with van der Waals surface area (Å²) in [6.45, 7) is 1.88. The first-order chi connectivity index (χ1) is 8.58. The average molecular weight is 265 g/mol. The van der Waals surface area contributed by atoms with Crippen LogP contribution in [0.25, 0.3) is 0 Å². The molecule has 0 spiro atoms. The van der Waals surface area contributed by atoms with Crippen LogP contribution in [0.5, 0.6) is 0 Å². The summed E-state index contributed by atoms with van der Waals surface area (Å²) in [5, 5.41) is 9.88. The van der Waals surface area contributed by atoms with E-state index in [-0.39, 0.29) is 0 Å². The highest BCUT2D eigenvalue weighted by Crippen LogP contribution is 2.26. The summed E-state index contributed by atoms with van der Waals surface area (Å²) >= 11 is 6.03. The van der Waals surface area contributed by atoms with Crippen LogP contribution in [-0.4, -0.2) is 11.1 Å².